The number of hydrogen-bond donors (Lipinski definition) is 4. The second-order valence-corrected chi connectivity index (χ2v) is 9.45. The Labute approximate surface area is 221 Å². The number of urea groups is 1. The zero-order valence-electron chi connectivity index (χ0n) is 21.2. The minimum atomic E-state index is -0.392. The number of nitrogens with two attached hydrogens (primary N) is 2. The van der Waals surface area contributed by atoms with Crippen LogP contribution in [0.4, 0.5) is 4.79 Å². The molecule has 38 heavy (non-hydrogen) atoms. The molecule has 0 radical (unpaired) electrons. The van der Waals surface area contributed by atoms with E-state index in [4.69, 9.17) is 16.9 Å². The summed E-state index contributed by atoms with van der Waals surface area (Å²) in [5, 5.41) is 26.3. The summed E-state index contributed by atoms with van der Waals surface area (Å²) < 4.78 is 1.94. The van der Waals surface area contributed by atoms with Crippen LogP contribution in [0.25, 0.3) is 33.9 Å². The minimum absolute atomic E-state index is 0.0308. The van der Waals surface area contributed by atoms with Gasteiger partial charge in [-0.05, 0) is 35.1 Å². The quantitative estimate of drug-likeness (QED) is 0.295. The van der Waals surface area contributed by atoms with Gasteiger partial charge in [0.05, 0.1) is 6.61 Å². The Morgan fingerprint density at radius 3 is 1.61 bits per heavy atom. The van der Waals surface area contributed by atoms with Gasteiger partial charge in [0, 0.05) is 43.9 Å². The maximum atomic E-state index is 11.4. The van der Waals surface area contributed by atoms with Gasteiger partial charge in [0.2, 0.25) is 0 Å². The second kappa shape index (κ2) is 10.9. The monoisotopic (exact) mass is 512 g/mol. The first-order valence-electron chi connectivity index (χ1n) is 12.7. The lowest BCUT2D eigenvalue weighted by molar-refractivity contribution is 0.213. The van der Waals surface area contributed by atoms with E-state index >= 15 is 0 Å². The van der Waals surface area contributed by atoms with Crippen LogP contribution in [0.15, 0.2) is 60.7 Å². The summed E-state index contributed by atoms with van der Waals surface area (Å²) in [6.07, 6.45) is 5.75. The van der Waals surface area contributed by atoms with Gasteiger partial charge in [-0.25, -0.2) is 4.79 Å². The molecule has 2 amide bonds. The van der Waals surface area contributed by atoms with Crippen molar-refractivity contribution < 1.29 is 9.90 Å². The first kappa shape index (κ1) is 25.2. The van der Waals surface area contributed by atoms with Crippen LogP contribution in [0.2, 0.25) is 0 Å². The molecule has 10 nitrogen and oxygen atoms in total. The Morgan fingerprint density at radius 1 is 0.789 bits per heavy atom. The predicted octanol–water partition coefficient (Wildman–Crippen LogP) is 2.75. The molecule has 0 spiro atoms. The average Bonchev–Trinajstić information content (AvgIpc) is 3.37. The summed E-state index contributed by atoms with van der Waals surface area (Å²) in [7, 11) is 0. The number of aliphatic hydroxyl groups excluding tert-OH is 1. The highest BCUT2D eigenvalue weighted by Gasteiger charge is 2.19. The van der Waals surface area contributed by atoms with Crippen LogP contribution in [-0.2, 0) is 6.54 Å². The average molecular weight is 513 g/mol. The fraction of sp³-hybridized carbons (Fsp3) is 0.286. The molecule has 2 aliphatic rings. The molecule has 10 heteroatoms. The maximum Gasteiger partial charge on any atom is 0.315 e. The van der Waals surface area contributed by atoms with Crippen LogP contribution in [0.1, 0.15) is 24.0 Å². The number of aromatic nitrogens is 3. The maximum absolute atomic E-state index is 11.4. The molecular formula is C28H32N8O2. The Kier molecular flexibility index (Phi) is 7.23. The van der Waals surface area contributed by atoms with Gasteiger partial charge in [0.25, 0.3) is 0 Å². The molecule has 2 aromatic carbocycles. The van der Waals surface area contributed by atoms with Crippen molar-refractivity contribution in [2.24, 2.45) is 11.5 Å². The number of carbonyl (C=O) groups is 1. The fourth-order valence-electron chi connectivity index (χ4n) is 4.99. The third-order valence-electron chi connectivity index (χ3n) is 7.17. The minimum Gasteiger partial charge on any atom is -0.395 e. The molecule has 6 N–H and O–H groups in total. The number of aliphatic hydroxyl groups is 1. The van der Waals surface area contributed by atoms with Crippen LogP contribution in [0.5, 0.6) is 0 Å². The molecule has 0 aliphatic carbocycles. The fourth-order valence-corrected chi connectivity index (χ4v) is 4.99. The number of nitrogens with one attached hydrogen (secondary N) is 1. The van der Waals surface area contributed by atoms with Crippen LogP contribution < -0.4 is 11.5 Å². The van der Waals surface area contributed by atoms with Crippen molar-refractivity contribution in [1.82, 2.24) is 24.6 Å². The first-order valence-corrected chi connectivity index (χ1v) is 12.7. The SMILES string of the molecule is N=C(N)N1CC=C(c2ccc(-c3nnc(-c4ccc(C5=CCN(C(N)=O)CC5)cc4)n3CCO)cc2)CC1. The van der Waals surface area contributed by atoms with E-state index in [9.17, 15) is 9.90 Å². The van der Waals surface area contributed by atoms with Gasteiger partial charge >= 0.3 is 6.03 Å². The van der Waals surface area contributed by atoms with E-state index in [1.54, 1.807) is 4.90 Å². The molecule has 0 saturated heterocycles. The molecule has 5 rings (SSSR count). The molecule has 196 valence electrons. The van der Waals surface area contributed by atoms with E-state index in [0.717, 1.165) is 41.6 Å². The smallest absolute Gasteiger partial charge is 0.315 e. The zero-order valence-corrected chi connectivity index (χ0v) is 21.2. The third kappa shape index (κ3) is 5.16. The number of benzene rings is 2. The third-order valence-corrected chi connectivity index (χ3v) is 7.17. The van der Waals surface area contributed by atoms with E-state index in [0.29, 0.717) is 37.8 Å². The Balaban J connectivity index is 1.36. The van der Waals surface area contributed by atoms with Crippen molar-refractivity contribution >= 4 is 23.1 Å². The highest BCUT2D eigenvalue weighted by molar-refractivity contribution is 5.78. The zero-order chi connectivity index (χ0) is 26.6. The molecule has 0 bridgehead atoms. The number of nitrogens with zero attached hydrogens (tertiary/aromatic N) is 5. The summed E-state index contributed by atoms with van der Waals surface area (Å²) in [6, 6.07) is 16.0. The van der Waals surface area contributed by atoms with Gasteiger partial charge in [0.15, 0.2) is 17.6 Å². The van der Waals surface area contributed by atoms with E-state index < -0.39 is 6.03 Å². The van der Waals surface area contributed by atoms with Crippen molar-refractivity contribution in [2.45, 2.75) is 19.4 Å². The molecule has 0 atom stereocenters. The van der Waals surface area contributed by atoms with Gasteiger partial charge in [-0.3, -0.25) is 5.41 Å². The van der Waals surface area contributed by atoms with Crippen LogP contribution >= 0.6 is 0 Å². The number of amides is 2. The lowest BCUT2D eigenvalue weighted by Crippen LogP contribution is -2.39. The van der Waals surface area contributed by atoms with Gasteiger partial charge in [-0.15, -0.1) is 10.2 Å². The second-order valence-electron chi connectivity index (χ2n) is 9.45. The lowest BCUT2D eigenvalue weighted by Gasteiger charge is -2.26. The van der Waals surface area contributed by atoms with E-state index in [2.05, 4.69) is 40.5 Å². The largest absolute Gasteiger partial charge is 0.395 e. The van der Waals surface area contributed by atoms with Crippen molar-refractivity contribution in [3.8, 4) is 22.8 Å². The van der Waals surface area contributed by atoms with E-state index in [1.807, 2.05) is 39.8 Å². The van der Waals surface area contributed by atoms with E-state index in [1.165, 1.54) is 11.1 Å². The van der Waals surface area contributed by atoms with Crippen molar-refractivity contribution in [3.05, 3.63) is 71.8 Å². The molecule has 3 aromatic rings. The molecule has 3 heterocycles. The predicted molar refractivity (Wildman–Crippen MR) is 148 cm³/mol. The van der Waals surface area contributed by atoms with E-state index in [-0.39, 0.29) is 12.6 Å². The highest BCUT2D eigenvalue weighted by atomic mass is 16.3. The summed E-state index contributed by atoms with van der Waals surface area (Å²) in [5.41, 5.74) is 17.5. The molecule has 2 aliphatic heterocycles. The van der Waals surface area contributed by atoms with Gasteiger partial charge in [-0.2, -0.15) is 0 Å². The summed E-state index contributed by atoms with van der Waals surface area (Å²) in [6.45, 7) is 2.86. The Bertz CT molecular complexity index is 1290. The van der Waals surface area contributed by atoms with Crippen LogP contribution in [0, 0.1) is 5.41 Å². The number of carbonyl (C=O) groups excluding carboxylic acids is 1. The van der Waals surface area contributed by atoms with Crippen LogP contribution in [-0.4, -0.2) is 74.4 Å². The Hall–Kier alpha value is -4.44. The summed E-state index contributed by atoms with van der Waals surface area (Å²) >= 11 is 0. The standard InChI is InChI=1S/C28H32N8O2/c29-27(30)34-13-9-21(10-14-34)19-1-5-23(6-2-19)25-32-33-26(36(25)17-18-37)24-7-3-20(4-8-24)22-11-15-35(16-12-22)28(31)38/h1-9,11,37H,10,12-18H2,(H3,29,30)(H2,31,38). The van der Waals surface area contributed by atoms with Crippen LogP contribution in [0.3, 0.4) is 0 Å². The first-order chi connectivity index (χ1) is 18.4. The summed E-state index contributed by atoms with van der Waals surface area (Å²) in [5.74, 6) is 1.50. The topological polar surface area (TPSA) is 150 Å². The van der Waals surface area contributed by atoms with Gasteiger partial charge in [0.1, 0.15) is 0 Å². The Morgan fingerprint density at radius 2 is 1.24 bits per heavy atom. The number of guanidine groups is 1. The van der Waals surface area contributed by atoms with Gasteiger partial charge in [-0.1, -0.05) is 60.7 Å². The molecule has 0 fully saturated rings. The summed E-state index contributed by atoms with van der Waals surface area (Å²) in [4.78, 5) is 14.8. The normalized spacial score (nSPS) is 15.7. The van der Waals surface area contributed by atoms with Crippen molar-refractivity contribution in [2.75, 3.05) is 32.8 Å². The highest BCUT2D eigenvalue weighted by Crippen LogP contribution is 2.29. The lowest BCUT2D eigenvalue weighted by atomic mass is 9.98. The number of rotatable bonds is 6. The molecule has 0 saturated carbocycles. The molecule has 1 aromatic heterocycles. The number of hydrogen-bond acceptors (Lipinski definition) is 5. The molecular weight excluding hydrogens is 480 g/mol. The number of primary amides is 1. The van der Waals surface area contributed by atoms with Gasteiger partial charge < -0.3 is 30.9 Å². The molecule has 0 unspecified atom stereocenters. The van der Waals surface area contributed by atoms with Crippen molar-refractivity contribution in [3.63, 3.8) is 0 Å². The van der Waals surface area contributed by atoms with Crippen molar-refractivity contribution in [1.29, 1.82) is 5.41 Å².